The highest BCUT2D eigenvalue weighted by molar-refractivity contribution is 5.96. The number of carbonyl (C=O) groups is 2. The molecule has 0 fully saturated rings. The van der Waals surface area contributed by atoms with Gasteiger partial charge in [-0.25, -0.2) is 4.79 Å². The molecular formula is C22H20N2O4. The zero-order valence-electron chi connectivity index (χ0n) is 15.4. The largest absolute Gasteiger partial charge is 0.490 e. The number of nitrogens with zero attached hydrogens (tertiary/aromatic N) is 1. The average molecular weight is 376 g/mol. The maximum absolute atomic E-state index is 12.1. The van der Waals surface area contributed by atoms with E-state index < -0.39 is 18.0 Å². The molecule has 0 heterocycles. The van der Waals surface area contributed by atoms with Gasteiger partial charge in [-0.15, -0.1) is 0 Å². The topological polar surface area (TPSA) is 88.4 Å². The average Bonchev–Trinajstić information content (AvgIpc) is 2.71. The highest BCUT2D eigenvalue weighted by atomic mass is 16.5. The summed E-state index contributed by atoms with van der Waals surface area (Å²) in [4.78, 5) is 24.1. The molecule has 1 amide bonds. The van der Waals surface area contributed by atoms with Crippen LogP contribution < -0.4 is 10.1 Å². The molecule has 0 bridgehead atoms. The van der Waals surface area contributed by atoms with Crippen LogP contribution in [0.1, 0.15) is 18.1 Å². The van der Waals surface area contributed by atoms with Crippen molar-refractivity contribution in [3.63, 3.8) is 0 Å². The molecule has 6 heteroatoms. The lowest BCUT2D eigenvalue weighted by atomic mass is 10.2. The van der Waals surface area contributed by atoms with Gasteiger partial charge >= 0.3 is 5.97 Å². The van der Waals surface area contributed by atoms with Gasteiger partial charge in [0.1, 0.15) is 12.4 Å². The Bertz CT molecular complexity index is 911. The van der Waals surface area contributed by atoms with Crippen LogP contribution in [0.15, 0.2) is 67.3 Å². The Labute approximate surface area is 163 Å². The third kappa shape index (κ3) is 6.46. The molecular weight excluding hydrogens is 356 g/mol. The standard InChI is InChI=1S/C22H20N2O4/c1-3-13-27-20-10-7-17(8-11-20)9-12-21(25)28-16(2)22(26)24-19-6-4-5-18(14-19)15-23/h3-12,14,16H,1,13H2,2H3,(H,24,26)/b12-9+/t16-/m1/s1. The van der Waals surface area contributed by atoms with Gasteiger partial charge in [-0.1, -0.05) is 30.9 Å². The van der Waals surface area contributed by atoms with Gasteiger partial charge < -0.3 is 14.8 Å². The van der Waals surface area contributed by atoms with Gasteiger partial charge in [0.2, 0.25) is 0 Å². The molecule has 0 aliphatic carbocycles. The minimum absolute atomic E-state index is 0.419. The molecule has 0 spiro atoms. The van der Waals surface area contributed by atoms with Gasteiger partial charge in [-0.2, -0.15) is 5.26 Å². The number of benzene rings is 2. The lowest BCUT2D eigenvalue weighted by Gasteiger charge is -2.12. The zero-order valence-corrected chi connectivity index (χ0v) is 15.4. The van der Waals surface area contributed by atoms with Crippen LogP contribution in [-0.4, -0.2) is 24.6 Å². The van der Waals surface area contributed by atoms with Crippen LogP contribution in [0.4, 0.5) is 5.69 Å². The van der Waals surface area contributed by atoms with Crippen molar-refractivity contribution in [2.75, 3.05) is 11.9 Å². The monoisotopic (exact) mass is 376 g/mol. The van der Waals surface area contributed by atoms with Gasteiger partial charge in [0, 0.05) is 11.8 Å². The predicted molar refractivity (Wildman–Crippen MR) is 107 cm³/mol. The summed E-state index contributed by atoms with van der Waals surface area (Å²) < 4.78 is 10.5. The summed E-state index contributed by atoms with van der Waals surface area (Å²) in [6.07, 6.45) is 3.50. The van der Waals surface area contributed by atoms with Crippen molar-refractivity contribution in [1.82, 2.24) is 0 Å². The van der Waals surface area contributed by atoms with Gasteiger partial charge in [0.15, 0.2) is 6.10 Å². The predicted octanol–water partition coefficient (Wildman–Crippen LogP) is 3.71. The van der Waals surface area contributed by atoms with E-state index in [1.807, 2.05) is 6.07 Å². The smallest absolute Gasteiger partial charge is 0.331 e. The van der Waals surface area contributed by atoms with E-state index in [1.54, 1.807) is 54.6 Å². The van der Waals surface area contributed by atoms with E-state index in [-0.39, 0.29) is 0 Å². The number of esters is 1. The highest BCUT2D eigenvalue weighted by Crippen LogP contribution is 2.14. The van der Waals surface area contributed by atoms with Crippen LogP contribution in [-0.2, 0) is 14.3 Å². The number of nitrogens with one attached hydrogen (secondary N) is 1. The molecule has 1 atom stereocenters. The fourth-order valence-corrected chi connectivity index (χ4v) is 2.17. The number of nitriles is 1. The van der Waals surface area contributed by atoms with Gasteiger partial charge in [-0.3, -0.25) is 4.79 Å². The number of hydrogen-bond donors (Lipinski definition) is 1. The molecule has 1 N–H and O–H groups in total. The maximum Gasteiger partial charge on any atom is 0.331 e. The normalized spacial score (nSPS) is 11.3. The van der Waals surface area contributed by atoms with E-state index in [4.69, 9.17) is 14.7 Å². The molecule has 0 aliphatic heterocycles. The molecule has 6 nitrogen and oxygen atoms in total. The van der Waals surface area contributed by atoms with Crippen LogP contribution in [0.25, 0.3) is 6.08 Å². The molecule has 0 unspecified atom stereocenters. The highest BCUT2D eigenvalue weighted by Gasteiger charge is 2.16. The number of ether oxygens (including phenoxy) is 2. The number of rotatable bonds is 8. The van der Waals surface area contributed by atoms with Crippen molar-refractivity contribution in [2.45, 2.75) is 13.0 Å². The minimum atomic E-state index is -0.988. The fourth-order valence-electron chi connectivity index (χ4n) is 2.17. The Morgan fingerprint density at radius 3 is 2.68 bits per heavy atom. The summed E-state index contributed by atoms with van der Waals surface area (Å²) >= 11 is 0. The van der Waals surface area contributed by atoms with E-state index in [0.29, 0.717) is 23.6 Å². The third-order valence-corrected chi connectivity index (χ3v) is 3.58. The van der Waals surface area contributed by atoms with Gasteiger partial charge in [0.05, 0.1) is 11.6 Å². The maximum atomic E-state index is 12.1. The molecule has 0 saturated heterocycles. The van der Waals surface area contributed by atoms with E-state index in [0.717, 1.165) is 5.56 Å². The third-order valence-electron chi connectivity index (χ3n) is 3.58. The van der Waals surface area contributed by atoms with Crippen molar-refractivity contribution in [3.05, 3.63) is 78.4 Å². The summed E-state index contributed by atoms with van der Waals surface area (Å²) in [7, 11) is 0. The summed E-state index contributed by atoms with van der Waals surface area (Å²) in [6.45, 7) is 5.47. The minimum Gasteiger partial charge on any atom is -0.490 e. The molecule has 142 valence electrons. The Morgan fingerprint density at radius 1 is 1.25 bits per heavy atom. The molecule has 2 aromatic rings. The Morgan fingerprint density at radius 2 is 2.00 bits per heavy atom. The molecule has 0 aliphatic rings. The van der Waals surface area contributed by atoms with E-state index >= 15 is 0 Å². The van der Waals surface area contributed by atoms with Crippen molar-refractivity contribution < 1.29 is 19.1 Å². The second kappa shape index (κ2) is 10.3. The number of anilines is 1. The first-order chi connectivity index (χ1) is 13.5. The SMILES string of the molecule is C=CCOc1ccc(/C=C/C(=O)O[C@H](C)C(=O)Nc2cccc(C#N)c2)cc1. The van der Waals surface area contributed by atoms with E-state index in [9.17, 15) is 9.59 Å². The fraction of sp³-hybridized carbons (Fsp3) is 0.136. The summed E-state index contributed by atoms with van der Waals surface area (Å²) in [5, 5.41) is 11.5. The number of amides is 1. The van der Waals surface area contributed by atoms with Crippen molar-refractivity contribution in [3.8, 4) is 11.8 Å². The quantitative estimate of drug-likeness (QED) is 0.431. The number of hydrogen-bond acceptors (Lipinski definition) is 5. The second-order valence-corrected chi connectivity index (χ2v) is 5.76. The van der Waals surface area contributed by atoms with Crippen molar-refractivity contribution in [2.24, 2.45) is 0 Å². The van der Waals surface area contributed by atoms with E-state index in [2.05, 4.69) is 11.9 Å². The Hall–Kier alpha value is -3.85. The first-order valence-electron chi connectivity index (χ1n) is 8.55. The first kappa shape index (κ1) is 20.5. The molecule has 2 aromatic carbocycles. The first-order valence-corrected chi connectivity index (χ1v) is 8.55. The summed E-state index contributed by atoms with van der Waals surface area (Å²) in [5.41, 5.74) is 1.67. The summed E-state index contributed by atoms with van der Waals surface area (Å²) in [5.74, 6) is -0.425. The molecule has 28 heavy (non-hydrogen) atoms. The zero-order chi connectivity index (χ0) is 20.4. The Kier molecular flexibility index (Phi) is 7.55. The molecule has 0 saturated carbocycles. The van der Waals surface area contributed by atoms with Gasteiger partial charge in [0.25, 0.3) is 5.91 Å². The molecule has 0 aromatic heterocycles. The van der Waals surface area contributed by atoms with Crippen LogP contribution in [0.2, 0.25) is 0 Å². The van der Waals surface area contributed by atoms with Crippen LogP contribution in [0.3, 0.4) is 0 Å². The lowest BCUT2D eigenvalue weighted by Crippen LogP contribution is -2.29. The summed E-state index contributed by atoms with van der Waals surface area (Å²) in [6, 6.07) is 15.6. The van der Waals surface area contributed by atoms with Crippen LogP contribution in [0, 0.1) is 11.3 Å². The van der Waals surface area contributed by atoms with Gasteiger partial charge in [-0.05, 0) is 48.9 Å². The number of carbonyl (C=O) groups excluding carboxylic acids is 2. The lowest BCUT2D eigenvalue weighted by molar-refractivity contribution is -0.148. The second-order valence-electron chi connectivity index (χ2n) is 5.76. The molecule has 2 rings (SSSR count). The Balaban J connectivity index is 1.87. The van der Waals surface area contributed by atoms with Crippen LogP contribution >= 0.6 is 0 Å². The van der Waals surface area contributed by atoms with Crippen molar-refractivity contribution in [1.29, 1.82) is 5.26 Å². The molecule has 0 radical (unpaired) electrons. The van der Waals surface area contributed by atoms with Crippen molar-refractivity contribution >= 4 is 23.6 Å². The van der Waals surface area contributed by atoms with Crippen LogP contribution in [0.5, 0.6) is 5.75 Å². The van der Waals surface area contributed by atoms with E-state index in [1.165, 1.54) is 19.1 Å².